The monoisotopic (exact) mass is 260 g/mol. The first-order valence-corrected chi connectivity index (χ1v) is 6.69. The Morgan fingerprint density at radius 2 is 2.11 bits per heavy atom. The Labute approximate surface area is 112 Å². The van der Waals surface area contributed by atoms with Gasteiger partial charge in [0.1, 0.15) is 0 Å². The minimum Gasteiger partial charge on any atom is -0.390 e. The molecule has 0 saturated heterocycles. The van der Waals surface area contributed by atoms with Crippen LogP contribution < -0.4 is 10.7 Å². The molecule has 102 valence electrons. The largest absolute Gasteiger partial charge is 0.390 e. The molecule has 0 fully saturated rings. The van der Waals surface area contributed by atoms with Crippen LogP contribution in [0.4, 0.5) is 0 Å². The standard InChI is InChI=1S/C15H20N2O2/c1-2-8-16-10-12(18)11-17-9-7-15(19)13-5-3-4-6-14(13)17/h3-7,9,12,16,18H,2,8,10-11H2,1H3. The SMILES string of the molecule is CCCNCC(O)Cn1ccc(=O)c2ccccc21. The first-order valence-electron chi connectivity index (χ1n) is 6.69. The van der Waals surface area contributed by atoms with Gasteiger partial charge in [0, 0.05) is 30.7 Å². The number of hydrogen-bond acceptors (Lipinski definition) is 3. The van der Waals surface area contributed by atoms with E-state index < -0.39 is 6.10 Å². The van der Waals surface area contributed by atoms with Crippen molar-refractivity contribution < 1.29 is 5.11 Å². The highest BCUT2D eigenvalue weighted by Gasteiger charge is 2.07. The third kappa shape index (κ3) is 3.43. The van der Waals surface area contributed by atoms with Crippen molar-refractivity contribution in [3.63, 3.8) is 0 Å². The van der Waals surface area contributed by atoms with Crippen LogP contribution in [0.5, 0.6) is 0 Å². The smallest absolute Gasteiger partial charge is 0.189 e. The predicted molar refractivity (Wildman–Crippen MR) is 77.4 cm³/mol. The van der Waals surface area contributed by atoms with Gasteiger partial charge in [0.25, 0.3) is 0 Å². The molecule has 1 atom stereocenters. The fraction of sp³-hybridized carbons (Fsp3) is 0.400. The summed E-state index contributed by atoms with van der Waals surface area (Å²) in [6, 6.07) is 9.03. The van der Waals surface area contributed by atoms with E-state index in [9.17, 15) is 9.90 Å². The Bertz CT molecular complexity index is 592. The van der Waals surface area contributed by atoms with Crippen LogP contribution in [0.3, 0.4) is 0 Å². The first-order chi connectivity index (χ1) is 9.22. The highest BCUT2D eigenvalue weighted by molar-refractivity contribution is 5.78. The minimum atomic E-state index is -0.461. The van der Waals surface area contributed by atoms with Crippen molar-refractivity contribution in [2.24, 2.45) is 0 Å². The third-order valence-corrected chi connectivity index (χ3v) is 3.10. The van der Waals surface area contributed by atoms with Gasteiger partial charge in [-0.15, -0.1) is 0 Å². The molecule has 4 heteroatoms. The third-order valence-electron chi connectivity index (χ3n) is 3.10. The van der Waals surface area contributed by atoms with E-state index >= 15 is 0 Å². The number of para-hydroxylation sites is 1. The van der Waals surface area contributed by atoms with Crippen LogP contribution in [0.1, 0.15) is 13.3 Å². The van der Waals surface area contributed by atoms with E-state index in [2.05, 4.69) is 12.2 Å². The molecular formula is C15H20N2O2. The number of pyridine rings is 1. The number of aliphatic hydroxyl groups excluding tert-OH is 1. The number of aliphatic hydroxyl groups is 1. The minimum absolute atomic E-state index is 0.0189. The van der Waals surface area contributed by atoms with Crippen LogP contribution in [0.2, 0.25) is 0 Å². The van der Waals surface area contributed by atoms with Crippen molar-refractivity contribution in [2.75, 3.05) is 13.1 Å². The van der Waals surface area contributed by atoms with E-state index in [0.717, 1.165) is 18.5 Å². The summed E-state index contributed by atoms with van der Waals surface area (Å²) in [6.45, 7) is 4.04. The molecule has 0 aliphatic carbocycles. The van der Waals surface area contributed by atoms with Gasteiger partial charge < -0.3 is 15.0 Å². The van der Waals surface area contributed by atoms with Crippen molar-refractivity contribution in [3.8, 4) is 0 Å². The van der Waals surface area contributed by atoms with Gasteiger partial charge in [-0.25, -0.2) is 0 Å². The summed E-state index contributed by atoms with van der Waals surface area (Å²) in [5, 5.41) is 13.9. The van der Waals surface area contributed by atoms with Crippen LogP contribution in [-0.2, 0) is 6.54 Å². The molecule has 0 aliphatic heterocycles. The number of benzene rings is 1. The lowest BCUT2D eigenvalue weighted by molar-refractivity contribution is 0.153. The Kier molecular flexibility index (Phi) is 4.71. The fourth-order valence-electron chi connectivity index (χ4n) is 2.16. The Morgan fingerprint density at radius 3 is 2.89 bits per heavy atom. The topological polar surface area (TPSA) is 54.3 Å². The van der Waals surface area contributed by atoms with Crippen LogP contribution in [0, 0.1) is 0 Å². The molecule has 0 amide bonds. The molecule has 1 unspecified atom stereocenters. The maximum Gasteiger partial charge on any atom is 0.189 e. The van der Waals surface area contributed by atoms with E-state index in [1.54, 1.807) is 12.3 Å². The zero-order valence-electron chi connectivity index (χ0n) is 11.2. The molecule has 0 spiro atoms. The van der Waals surface area contributed by atoms with E-state index in [4.69, 9.17) is 0 Å². The first kappa shape index (κ1) is 13.8. The van der Waals surface area contributed by atoms with Gasteiger partial charge in [0.2, 0.25) is 0 Å². The number of nitrogens with zero attached hydrogens (tertiary/aromatic N) is 1. The molecule has 1 heterocycles. The lowest BCUT2D eigenvalue weighted by atomic mass is 10.2. The second-order valence-corrected chi connectivity index (χ2v) is 4.71. The van der Waals surface area contributed by atoms with E-state index in [1.165, 1.54) is 0 Å². The fourth-order valence-corrected chi connectivity index (χ4v) is 2.16. The molecule has 2 rings (SSSR count). The number of nitrogens with one attached hydrogen (secondary N) is 1. The van der Waals surface area contributed by atoms with Gasteiger partial charge in [-0.2, -0.15) is 0 Å². The van der Waals surface area contributed by atoms with Gasteiger partial charge in [-0.05, 0) is 25.1 Å². The van der Waals surface area contributed by atoms with Gasteiger partial charge in [-0.1, -0.05) is 19.1 Å². The van der Waals surface area contributed by atoms with Crippen molar-refractivity contribution in [3.05, 3.63) is 46.8 Å². The van der Waals surface area contributed by atoms with Gasteiger partial charge >= 0.3 is 0 Å². The average molecular weight is 260 g/mol. The molecule has 0 aliphatic rings. The molecule has 1 aromatic heterocycles. The lowest BCUT2D eigenvalue weighted by Crippen LogP contribution is -2.31. The maximum absolute atomic E-state index is 11.7. The van der Waals surface area contributed by atoms with Crippen LogP contribution in [-0.4, -0.2) is 28.9 Å². The summed E-state index contributed by atoms with van der Waals surface area (Å²) in [5.41, 5.74) is 0.884. The summed E-state index contributed by atoms with van der Waals surface area (Å²) in [5.74, 6) is 0. The number of aromatic nitrogens is 1. The molecule has 2 aromatic rings. The number of hydrogen-bond donors (Lipinski definition) is 2. The van der Waals surface area contributed by atoms with Crippen LogP contribution in [0.15, 0.2) is 41.3 Å². The summed E-state index contributed by atoms with van der Waals surface area (Å²) in [7, 11) is 0. The van der Waals surface area contributed by atoms with E-state index in [0.29, 0.717) is 18.5 Å². The summed E-state index contributed by atoms with van der Waals surface area (Å²) in [6.07, 6.45) is 2.33. The van der Waals surface area contributed by atoms with Crippen LogP contribution in [0.25, 0.3) is 10.9 Å². The zero-order chi connectivity index (χ0) is 13.7. The average Bonchev–Trinajstić information content (AvgIpc) is 2.43. The Morgan fingerprint density at radius 1 is 1.32 bits per heavy atom. The second kappa shape index (κ2) is 6.50. The molecule has 0 bridgehead atoms. The molecule has 0 saturated carbocycles. The van der Waals surface area contributed by atoms with Crippen LogP contribution >= 0.6 is 0 Å². The van der Waals surface area contributed by atoms with Crippen molar-refractivity contribution in [2.45, 2.75) is 26.0 Å². The second-order valence-electron chi connectivity index (χ2n) is 4.71. The summed E-state index contributed by atoms with van der Waals surface area (Å²) >= 11 is 0. The van der Waals surface area contributed by atoms with Crippen molar-refractivity contribution in [1.82, 2.24) is 9.88 Å². The molecule has 2 N–H and O–H groups in total. The van der Waals surface area contributed by atoms with E-state index in [-0.39, 0.29) is 5.43 Å². The molecule has 4 nitrogen and oxygen atoms in total. The highest BCUT2D eigenvalue weighted by atomic mass is 16.3. The zero-order valence-corrected chi connectivity index (χ0v) is 11.2. The molecule has 0 radical (unpaired) electrons. The quantitative estimate of drug-likeness (QED) is 0.771. The predicted octanol–water partition coefficient (Wildman–Crippen LogP) is 1.36. The normalized spacial score (nSPS) is 12.7. The lowest BCUT2D eigenvalue weighted by Gasteiger charge is -2.16. The molecule has 19 heavy (non-hydrogen) atoms. The van der Waals surface area contributed by atoms with Gasteiger partial charge in [0.15, 0.2) is 5.43 Å². The Balaban J connectivity index is 2.17. The summed E-state index contributed by atoms with van der Waals surface area (Å²) < 4.78 is 1.93. The number of fused-ring (bicyclic) bond motifs is 1. The maximum atomic E-state index is 11.7. The Hall–Kier alpha value is -1.65. The number of rotatable bonds is 6. The van der Waals surface area contributed by atoms with Gasteiger partial charge in [-0.3, -0.25) is 4.79 Å². The molecular weight excluding hydrogens is 240 g/mol. The van der Waals surface area contributed by atoms with E-state index in [1.807, 2.05) is 28.8 Å². The molecule has 1 aromatic carbocycles. The highest BCUT2D eigenvalue weighted by Crippen LogP contribution is 2.09. The van der Waals surface area contributed by atoms with Crippen molar-refractivity contribution >= 4 is 10.9 Å². The summed E-state index contributed by atoms with van der Waals surface area (Å²) in [4.78, 5) is 11.7. The van der Waals surface area contributed by atoms with Crippen molar-refractivity contribution in [1.29, 1.82) is 0 Å². The van der Waals surface area contributed by atoms with Gasteiger partial charge in [0.05, 0.1) is 11.6 Å².